The van der Waals surface area contributed by atoms with Crippen LogP contribution in [0.3, 0.4) is 0 Å². The molecule has 0 aromatic heterocycles. The van der Waals surface area contributed by atoms with Crippen molar-refractivity contribution in [3.8, 4) is 0 Å². The van der Waals surface area contributed by atoms with E-state index in [1.165, 1.54) is 13.3 Å². The highest BCUT2D eigenvalue weighted by Gasteiger charge is 2.10. The summed E-state index contributed by atoms with van der Waals surface area (Å²) in [6.45, 7) is 1.33. The highest BCUT2D eigenvalue weighted by molar-refractivity contribution is 5.90. The lowest BCUT2D eigenvalue weighted by atomic mass is 9.99. The summed E-state index contributed by atoms with van der Waals surface area (Å²) in [4.78, 5) is 21.3. The Morgan fingerprint density at radius 1 is 1.38 bits per heavy atom. The fourth-order valence-corrected chi connectivity index (χ4v) is 1.38. The van der Waals surface area contributed by atoms with Gasteiger partial charge in [-0.2, -0.15) is 10.1 Å². The average Bonchev–Trinajstić information content (AvgIpc) is 2.15. The largest absolute Gasteiger partial charge is 0.276 e. The van der Waals surface area contributed by atoms with Crippen molar-refractivity contribution in [2.45, 2.75) is 39.0 Å². The van der Waals surface area contributed by atoms with Crippen LogP contribution in [0.15, 0.2) is 5.10 Å². The monoisotopic (exact) mass is 182 g/mol. The second-order valence-corrected chi connectivity index (χ2v) is 3.20. The van der Waals surface area contributed by atoms with Gasteiger partial charge in [-0.25, -0.2) is 0 Å². The number of carbonyl (C=O) groups excluding carboxylic acids is 2. The molecule has 0 aromatic carbocycles. The van der Waals surface area contributed by atoms with Gasteiger partial charge in [-0.05, 0) is 25.7 Å². The van der Waals surface area contributed by atoms with Gasteiger partial charge in [0.25, 0.3) is 0 Å². The molecule has 1 rings (SSSR count). The number of carbonyl (C=O) groups is 2. The van der Waals surface area contributed by atoms with Crippen molar-refractivity contribution < 1.29 is 9.59 Å². The maximum Gasteiger partial charge on any atom is 0.246 e. The van der Waals surface area contributed by atoms with Crippen LogP contribution in [-0.2, 0) is 9.59 Å². The molecule has 0 unspecified atom stereocenters. The maximum absolute atomic E-state index is 10.8. The Balaban J connectivity index is 2.59. The summed E-state index contributed by atoms with van der Waals surface area (Å²) >= 11 is 0. The Morgan fingerprint density at radius 3 is 2.46 bits per heavy atom. The van der Waals surface area contributed by atoms with Gasteiger partial charge >= 0.3 is 0 Å². The van der Waals surface area contributed by atoms with Gasteiger partial charge in [0.15, 0.2) is 0 Å². The summed E-state index contributed by atoms with van der Waals surface area (Å²) in [6.07, 6.45) is 5.74. The fourth-order valence-electron chi connectivity index (χ4n) is 1.38. The molecular weight excluding hydrogens is 168 g/mol. The van der Waals surface area contributed by atoms with Gasteiger partial charge in [0.1, 0.15) is 0 Å². The highest BCUT2D eigenvalue weighted by atomic mass is 16.2. The van der Waals surface area contributed by atoms with Gasteiger partial charge in [0, 0.05) is 12.6 Å². The van der Waals surface area contributed by atoms with Crippen molar-refractivity contribution in [2.75, 3.05) is 0 Å². The molecule has 0 bridgehead atoms. The van der Waals surface area contributed by atoms with E-state index in [-0.39, 0.29) is 5.91 Å². The smallest absolute Gasteiger partial charge is 0.246 e. The molecule has 0 atom stereocenters. The molecule has 1 aliphatic rings. The molecular formula is C9H14N2O2. The van der Waals surface area contributed by atoms with Crippen LogP contribution in [0, 0.1) is 0 Å². The third-order valence-electron chi connectivity index (χ3n) is 2.10. The summed E-state index contributed by atoms with van der Waals surface area (Å²) in [6, 6.07) is 0. The molecule has 0 spiro atoms. The third-order valence-corrected chi connectivity index (χ3v) is 2.10. The first-order valence-electron chi connectivity index (χ1n) is 4.55. The summed E-state index contributed by atoms with van der Waals surface area (Å²) in [5.41, 5.74) is 0.966. The Kier molecular flexibility index (Phi) is 3.61. The van der Waals surface area contributed by atoms with Crippen molar-refractivity contribution in [1.29, 1.82) is 0 Å². The molecule has 13 heavy (non-hydrogen) atoms. The summed E-state index contributed by atoms with van der Waals surface area (Å²) < 4.78 is 0. The lowest BCUT2D eigenvalue weighted by Crippen LogP contribution is -2.23. The van der Waals surface area contributed by atoms with Gasteiger partial charge in [-0.3, -0.25) is 9.59 Å². The number of hydrogen-bond donors (Lipinski definition) is 0. The standard InChI is InChI=1S/C9H14N2O2/c1-8(13)11(7-12)10-9-5-3-2-4-6-9/h7H,2-6H2,1H3. The highest BCUT2D eigenvalue weighted by Crippen LogP contribution is 2.15. The predicted molar refractivity (Wildman–Crippen MR) is 49.1 cm³/mol. The number of amides is 2. The minimum Gasteiger partial charge on any atom is -0.276 e. The zero-order valence-electron chi connectivity index (χ0n) is 7.82. The Hall–Kier alpha value is -1.19. The van der Waals surface area contributed by atoms with E-state index in [4.69, 9.17) is 0 Å². The molecule has 1 fully saturated rings. The van der Waals surface area contributed by atoms with E-state index in [2.05, 4.69) is 5.10 Å². The molecule has 2 amide bonds. The zero-order chi connectivity index (χ0) is 9.68. The van der Waals surface area contributed by atoms with E-state index in [0.717, 1.165) is 36.4 Å². The minimum atomic E-state index is -0.326. The number of hydrogen-bond acceptors (Lipinski definition) is 3. The second-order valence-electron chi connectivity index (χ2n) is 3.20. The molecule has 4 heteroatoms. The number of nitrogens with zero attached hydrogens (tertiary/aromatic N) is 2. The second kappa shape index (κ2) is 4.74. The van der Waals surface area contributed by atoms with E-state index in [0.29, 0.717) is 6.41 Å². The first kappa shape index (κ1) is 9.89. The van der Waals surface area contributed by atoms with Crippen molar-refractivity contribution >= 4 is 18.0 Å². The van der Waals surface area contributed by atoms with Crippen LogP contribution in [0.2, 0.25) is 0 Å². The van der Waals surface area contributed by atoms with Crippen molar-refractivity contribution in [1.82, 2.24) is 5.01 Å². The van der Waals surface area contributed by atoms with Crippen LogP contribution in [0.25, 0.3) is 0 Å². The molecule has 0 N–H and O–H groups in total. The Bertz CT molecular complexity index is 228. The summed E-state index contributed by atoms with van der Waals surface area (Å²) in [5.74, 6) is -0.326. The number of hydrazone groups is 1. The van der Waals surface area contributed by atoms with Crippen LogP contribution >= 0.6 is 0 Å². The quantitative estimate of drug-likeness (QED) is 0.477. The topological polar surface area (TPSA) is 49.7 Å². The Labute approximate surface area is 77.6 Å². The zero-order valence-corrected chi connectivity index (χ0v) is 7.82. The minimum absolute atomic E-state index is 0.326. The van der Waals surface area contributed by atoms with Crippen LogP contribution in [0.5, 0.6) is 0 Å². The van der Waals surface area contributed by atoms with Crippen LogP contribution in [-0.4, -0.2) is 23.0 Å². The van der Waals surface area contributed by atoms with Gasteiger partial charge < -0.3 is 0 Å². The SMILES string of the molecule is CC(=O)N(C=O)N=C1CCCCC1. The Morgan fingerprint density at radius 2 is 2.00 bits per heavy atom. The molecule has 0 aromatic rings. The average molecular weight is 182 g/mol. The van der Waals surface area contributed by atoms with Crippen molar-refractivity contribution in [3.63, 3.8) is 0 Å². The van der Waals surface area contributed by atoms with E-state index >= 15 is 0 Å². The maximum atomic E-state index is 10.8. The molecule has 1 aliphatic carbocycles. The van der Waals surface area contributed by atoms with Gasteiger partial charge in [0.2, 0.25) is 12.3 Å². The van der Waals surface area contributed by atoms with Crippen LogP contribution in [0.1, 0.15) is 39.0 Å². The van der Waals surface area contributed by atoms with Crippen LogP contribution in [0.4, 0.5) is 0 Å². The van der Waals surface area contributed by atoms with Crippen LogP contribution < -0.4 is 0 Å². The van der Waals surface area contributed by atoms with Gasteiger partial charge in [-0.15, -0.1) is 0 Å². The van der Waals surface area contributed by atoms with E-state index in [1.807, 2.05) is 0 Å². The van der Waals surface area contributed by atoms with E-state index < -0.39 is 0 Å². The number of imide groups is 1. The lowest BCUT2D eigenvalue weighted by Gasteiger charge is -2.14. The normalized spacial score (nSPS) is 16.5. The van der Waals surface area contributed by atoms with Crippen molar-refractivity contribution in [3.05, 3.63) is 0 Å². The first-order valence-corrected chi connectivity index (χ1v) is 4.55. The number of rotatable bonds is 2. The molecule has 1 saturated carbocycles. The first-order chi connectivity index (χ1) is 6.24. The summed E-state index contributed by atoms with van der Waals surface area (Å²) in [5, 5.41) is 4.86. The van der Waals surface area contributed by atoms with Gasteiger partial charge in [-0.1, -0.05) is 6.42 Å². The summed E-state index contributed by atoms with van der Waals surface area (Å²) in [7, 11) is 0. The molecule has 4 nitrogen and oxygen atoms in total. The van der Waals surface area contributed by atoms with Crippen molar-refractivity contribution in [2.24, 2.45) is 5.10 Å². The van der Waals surface area contributed by atoms with E-state index in [1.54, 1.807) is 0 Å². The molecule has 0 radical (unpaired) electrons. The molecule has 0 saturated heterocycles. The molecule has 0 aliphatic heterocycles. The molecule has 72 valence electrons. The lowest BCUT2D eigenvalue weighted by molar-refractivity contribution is -0.136. The third kappa shape index (κ3) is 2.97. The fraction of sp³-hybridized carbons (Fsp3) is 0.667. The van der Waals surface area contributed by atoms with Gasteiger partial charge in [0.05, 0.1) is 0 Å². The predicted octanol–water partition coefficient (Wildman–Crippen LogP) is 1.31. The van der Waals surface area contributed by atoms with E-state index in [9.17, 15) is 9.59 Å². The molecule has 0 heterocycles.